The molecular weight excluding hydrogens is 394 g/mol. The fourth-order valence-corrected chi connectivity index (χ4v) is 3.97. The molecule has 3 aromatic carbocycles. The zero-order chi connectivity index (χ0) is 20.3. The number of fused-ring (bicyclic) bond motifs is 1. The molecule has 1 fully saturated rings. The van der Waals surface area contributed by atoms with E-state index in [2.05, 4.69) is 64.1 Å². The SMILES string of the molecule is Clc1ccc(N=C(N2CCOCC2)n2c(-c3ccccc3)cc3ccccc32)cc1. The van der Waals surface area contributed by atoms with Crippen LogP contribution in [-0.4, -0.2) is 41.7 Å². The van der Waals surface area contributed by atoms with Crippen LogP contribution in [0.4, 0.5) is 5.69 Å². The highest BCUT2D eigenvalue weighted by Crippen LogP contribution is 2.30. The van der Waals surface area contributed by atoms with Crippen molar-refractivity contribution in [1.82, 2.24) is 9.47 Å². The van der Waals surface area contributed by atoms with Gasteiger partial charge in [0.05, 0.1) is 30.1 Å². The molecule has 0 spiro atoms. The molecule has 0 unspecified atom stereocenters. The summed E-state index contributed by atoms with van der Waals surface area (Å²) < 4.78 is 7.88. The second-order valence-corrected chi connectivity index (χ2v) is 7.71. The summed E-state index contributed by atoms with van der Waals surface area (Å²) in [5.74, 6) is 0.903. The topological polar surface area (TPSA) is 29.8 Å². The Bertz CT molecular complexity index is 1180. The normalized spacial score (nSPS) is 15.0. The molecule has 150 valence electrons. The Hall–Kier alpha value is -3.08. The molecule has 0 amide bonds. The molecule has 1 aromatic heterocycles. The third-order valence-electron chi connectivity index (χ3n) is 5.33. The van der Waals surface area contributed by atoms with Crippen molar-refractivity contribution in [3.63, 3.8) is 0 Å². The number of nitrogens with zero attached hydrogens (tertiary/aromatic N) is 3. The lowest BCUT2D eigenvalue weighted by molar-refractivity contribution is 0.0668. The molecule has 5 heteroatoms. The lowest BCUT2D eigenvalue weighted by Gasteiger charge is -2.31. The standard InChI is InChI=1S/C25H22ClN3O/c26-21-10-12-22(13-11-21)27-25(28-14-16-30-17-15-28)29-23-9-5-4-8-20(23)18-24(29)19-6-2-1-3-7-19/h1-13,18H,14-17H2. The van der Waals surface area contributed by atoms with E-state index in [1.165, 1.54) is 5.39 Å². The Labute approximate surface area is 181 Å². The minimum Gasteiger partial charge on any atom is -0.378 e. The Balaban J connectivity index is 1.75. The Kier molecular flexibility index (Phi) is 5.26. The summed E-state index contributed by atoms with van der Waals surface area (Å²) in [6.45, 7) is 2.99. The minimum absolute atomic E-state index is 0.694. The lowest BCUT2D eigenvalue weighted by Crippen LogP contribution is -2.44. The summed E-state index contributed by atoms with van der Waals surface area (Å²) in [5.41, 5.74) is 4.29. The van der Waals surface area contributed by atoms with Crippen LogP contribution in [0.2, 0.25) is 5.02 Å². The summed E-state index contributed by atoms with van der Waals surface area (Å²) in [5, 5.41) is 1.90. The first-order chi connectivity index (χ1) is 14.8. The summed E-state index contributed by atoms with van der Waals surface area (Å²) >= 11 is 6.10. The highest BCUT2D eigenvalue weighted by atomic mass is 35.5. The van der Waals surface area contributed by atoms with Crippen molar-refractivity contribution in [2.24, 2.45) is 4.99 Å². The number of morpholine rings is 1. The molecule has 4 nitrogen and oxygen atoms in total. The minimum atomic E-state index is 0.694. The van der Waals surface area contributed by atoms with Gasteiger partial charge in [0.2, 0.25) is 5.96 Å². The molecule has 1 aliphatic rings. The third-order valence-corrected chi connectivity index (χ3v) is 5.58. The van der Waals surface area contributed by atoms with E-state index in [0.717, 1.165) is 41.5 Å². The summed E-state index contributed by atoms with van der Waals surface area (Å²) in [6.07, 6.45) is 0. The third kappa shape index (κ3) is 3.72. The van der Waals surface area contributed by atoms with Gasteiger partial charge in [-0.3, -0.25) is 4.57 Å². The predicted molar refractivity (Wildman–Crippen MR) is 124 cm³/mol. The van der Waals surface area contributed by atoms with Crippen molar-refractivity contribution >= 4 is 34.2 Å². The van der Waals surface area contributed by atoms with Crippen molar-refractivity contribution in [2.45, 2.75) is 0 Å². The zero-order valence-electron chi connectivity index (χ0n) is 16.5. The van der Waals surface area contributed by atoms with Crippen LogP contribution in [0.3, 0.4) is 0 Å². The fraction of sp³-hybridized carbons (Fsp3) is 0.160. The molecule has 2 heterocycles. The maximum Gasteiger partial charge on any atom is 0.211 e. The summed E-state index contributed by atoms with van der Waals surface area (Å²) in [4.78, 5) is 7.40. The first-order valence-electron chi connectivity index (χ1n) is 10.1. The van der Waals surface area contributed by atoms with Crippen LogP contribution >= 0.6 is 11.6 Å². The van der Waals surface area contributed by atoms with Crippen LogP contribution in [0.15, 0.2) is 89.9 Å². The van der Waals surface area contributed by atoms with Crippen molar-refractivity contribution < 1.29 is 4.74 Å². The van der Waals surface area contributed by atoms with Gasteiger partial charge in [-0.1, -0.05) is 60.1 Å². The van der Waals surface area contributed by atoms with Crippen LogP contribution in [0.25, 0.3) is 22.2 Å². The molecular formula is C25H22ClN3O. The molecule has 0 atom stereocenters. The van der Waals surface area contributed by atoms with E-state index in [1.807, 2.05) is 30.3 Å². The summed E-state index contributed by atoms with van der Waals surface area (Å²) in [7, 11) is 0. The Morgan fingerprint density at radius 2 is 1.53 bits per heavy atom. The van der Waals surface area contributed by atoms with Gasteiger partial charge in [-0.05, 0) is 42.0 Å². The number of para-hydroxylation sites is 1. The van der Waals surface area contributed by atoms with E-state index in [0.29, 0.717) is 18.2 Å². The van der Waals surface area contributed by atoms with Crippen molar-refractivity contribution in [3.8, 4) is 11.3 Å². The molecule has 0 N–H and O–H groups in total. The quantitative estimate of drug-likeness (QED) is 0.304. The Morgan fingerprint density at radius 3 is 2.30 bits per heavy atom. The number of hydrogen-bond acceptors (Lipinski definition) is 2. The van der Waals surface area contributed by atoms with Gasteiger partial charge >= 0.3 is 0 Å². The highest BCUT2D eigenvalue weighted by Gasteiger charge is 2.22. The number of ether oxygens (including phenoxy) is 1. The first-order valence-corrected chi connectivity index (χ1v) is 10.5. The molecule has 4 aromatic rings. The van der Waals surface area contributed by atoms with E-state index in [-0.39, 0.29) is 0 Å². The van der Waals surface area contributed by atoms with Crippen molar-refractivity contribution in [3.05, 3.63) is 90.0 Å². The average molecular weight is 416 g/mol. The van der Waals surface area contributed by atoms with Gasteiger partial charge in [0.15, 0.2) is 0 Å². The van der Waals surface area contributed by atoms with Crippen molar-refractivity contribution in [1.29, 1.82) is 0 Å². The van der Waals surface area contributed by atoms with Gasteiger partial charge in [-0.25, -0.2) is 4.99 Å². The molecule has 5 rings (SSSR count). The van der Waals surface area contributed by atoms with E-state index in [4.69, 9.17) is 21.3 Å². The predicted octanol–water partition coefficient (Wildman–Crippen LogP) is 5.83. The zero-order valence-corrected chi connectivity index (χ0v) is 17.3. The smallest absolute Gasteiger partial charge is 0.211 e. The van der Waals surface area contributed by atoms with Crippen molar-refractivity contribution in [2.75, 3.05) is 26.3 Å². The monoisotopic (exact) mass is 415 g/mol. The number of aromatic nitrogens is 1. The fourth-order valence-electron chi connectivity index (χ4n) is 3.85. The summed E-state index contributed by atoms with van der Waals surface area (Å²) in [6, 6.07) is 28.8. The second kappa shape index (κ2) is 8.34. The van der Waals surface area contributed by atoms with Crippen LogP contribution in [0, 0.1) is 0 Å². The van der Waals surface area contributed by atoms with Gasteiger partial charge in [-0.15, -0.1) is 0 Å². The molecule has 30 heavy (non-hydrogen) atoms. The van der Waals surface area contributed by atoms with Gasteiger partial charge in [0, 0.05) is 23.5 Å². The number of hydrogen-bond donors (Lipinski definition) is 0. The number of rotatable bonds is 2. The van der Waals surface area contributed by atoms with E-state index in [1.54, 1.807) is 0 Å². The maximum absolute atomic E-state index is 6.10. The van der Waals surface area contributed by atoms with E-state index >= 15 is 0 Å². The average Bonchev–Trinajstić information content (AvgIpc) is 3.19. The molecule has 0 bridgehead atoms. The van der Waals surface area contributed by atoms with E-state index in [9.17, 15) is 0 Å². The maximum atomic E-state index is 6.10. The van der Waals surface area contributed by atoms with Crippen LogP contribution in [0.1, 0.15) is 0 Å². The molecule has 0 aliphatic carbocycles. The van der Waals surface area contributed by atoms with E-state index < -0.39 is 0 Å². The second-order valence-electron chi connectivity index (χ2n) is 7.28. The van der Waals surface area contributed by atoms with Gasteiger partial charge in [0.1, 0.15) is 0 Å². The van der Waals surface area contributed by atoms with Crippen LogP contribution < -0.4 is 0 Å². The van der Waals surface area contributed by atoms with Crippen LogP contribution in [0.5, 0.6) is 0 Å². The number of aliphatic imine (C=N–C) groups is 1. The Morgan fingerprint density at radius 1 is 0.833 bits per heavy atom. The van der Waals surface area contributed by atoms with Crippen LogP contribution in [-0.2, 0) is 4.74 Å². The van der Waals surface area contributed by atoms with Gasteiger partial charge in [0.25, 0.3) is 0 Å². The molecule has 1 aliphatic heterocycles. The first kappa shape index (κ1) is 18.9. The largest absolute Gasteiger partial charge is 0.378 e. The highest BCUT2D eigenvalue weighted by molar-refractivity contribution is 6.30. The molecule has 0 radical (unpaired) electrons. The molecule has 1 saturated heterocycles. The van der Waals surface area contributed by atoms with Gasteiger partial charge < -0.3 is 9.64 Å². The van der Waals surface area contributed by atoms with Gasteiger partial charge in [-0.2, -0.15) is 0 Å². The number of halogens is 1. The number of benzene rings is 3. The lowest BCUT2D eigenvalue weighted by atomic mass is 10.1. The molecule has 0 saturated carbocycles.